The molecule has 0 aromatic heterocycles. The van der Waals surface area contributed by atoms with Gasteiger partial charge in [0.2, 0.25) is 0 Å². The monoisotopic (exact) mass is 504 g/mol. The molecule has 4 aromatic carbocycles. The lowest BCUT2D eigenvalue weighted by Crippen LogP contribution is -2.33. The number of esters is 1. The molecule has 0 unspecified atom stereocenters. The first-order valence-corrected chi connectivity index (χ1v) is 13.0. The van der Waals surface area contributed by atoms with Gasteiger partial charge < -0.3 is 9.84 Å². The van der Waals surface area contributed by atoms with Gasteiger partial charge in [-0.1, -0.05) is 82.3 Å². The number of hydrogen-bond donors (Lipinski definition) is 1. The van der Waals surface area contributed by atoms with Crippen LogP contribution in [0, 0.1) is 0 Å². The van der Waals surface area contributed by atoms with Crippen LogP contribution in [0.3, 0.4) is 0 Å². The minimum atomic E-state index is -0.958. The number of benzene rings is 4. The number of carbonyl (C=O) groups excluding carboxylic acids is 1. The molecule has 192 valence electrons. The van der Waals surface area contributed by atoms with E-state index < -0.39 is 11.9 Å². The summed E-state index contributed by atoms with van der Waals surface area (Å²) in [4.78, 5) is 24.3. The van der Waals surface area contributed by atoms with Crippen molar-refractivity contribution in [1.29, 1.82) is 0 Å². The molecular weight excluding hydrogens is 472 g/mol. The number of ether oxygens (including phenoxy) is 1. The maximum atomic E-state index is 13.0. The molecule has 0 radical (unpaired) electrons. The van der Waals surface area contributed by atoms with Crippen LogP contribution < -0.4 is 4.74 Å². The molecule has 0 heterocycles. The van der Waals surface area contributed by atoms with Crippen LogP contribution in [0.4, 0.5) is 0 Å². The van der Waals surface area contributed by atoms with Crippen molar-refractivity contribution in [2.75, 3.05) is 0 Å². The Labute approximate surface area is 223 Å². The fraction of sp³-hybridized carbons (Fsp3) is 0.235. The van der Waals surface area contributed by atoms with E-state index in [4.69, 9.17) is 4.74 Å². The molecule has 4 nitrogen and oxygen atoms in total. The number of carbonyl (C=O) groups is 2. The first kappa shape index (κ1) is 25.5. The summed E-state index contributed by atoms with van der Waals surface area (Å²) in [5, 5.41) is 9.28. The average Bonchev–Trinajstić information content (AvgIpc) is 2.92. The van der Waals surface area contributed by atoms with E-state index in [1.807, 2.05) is 36.4 Å². The largest absolute Gasteiger partial charge is 0.478 e. The number of hydrogen-bond acceptors (Lipinski definition) is 3. The molecule has 4 aromatic rings. The SMILES string of the molecule is CC1(C)CCC(C)(C)c2cc(-c3cc(-c4ccc(C(=O)O)cc4)ccc3OC(=O)c3ccccc3)ccc21. The maximum Gasteiger partial charge on any atom is 0.343 e. The molecule has 1 aliphatic carbocycles. The lowest BCUT2D eigenvalue weighted by Gasteiger charge is -2.42. The van der Waals surface area contributed by atoms with Gasteiger partial charge in [0.25, 0.3) is 0 Å². The number of fused-ring (bicyclic) bond motifs is 1. The molecule has 5 rings (SSSR count). The molecule has 0 atom stereocenters. The number of carboxylic acids is 1. The van der Waals surface area contributed by atoms with Crippen molar-refractivity contribution in [3.05, 3.63) is 113 Å². The normalized spacial score (nSPS) is 15.4. The number of carboxylic acid groups (broad SMARTS) is 1. The van der Waals surface area contributed by atoms with E-state index in [1.165, 1.54) is 11.1 Å². The molecule has 0 saturated heterocycles. The Kier molecular flexibility index (Phi) is 6.44. The summed E-state index contributed by atoms with van der Waals surface area (Å²) in [6.07, 6.45) is 2.23. The van der Waals surface area contributed by atoms with Crippen LogP contribution in [0.15, 0.2) is 91.0 Å². The summed E-state index contributed by atoms with van der Waals surface area (Å²) in [6.45, 7) is 9.19. The molecular formula is C34H32O4. The molecule has 0 spiro atoms. The van der Waals surface area contributed by atoms with Gasteiger partial charge in [-0.15, -0.1) is 0 Å². The van der Waals surface area contributed by atoms with Crippen molar-refractivity contribution in [3.8, 4) is 28.0 Å². The van der Waals surface area contributed by atoms with Gasteiger partial charge in [0.05, 0.1) is 11.1 Å². The molecule has 0 saturated carbocycles. The van der Waals surface area contributed by atoms with E-state index in [0.29, 0.717) is 11.3 Å². The van der Waals surface area contributed by atoms with Gasteiger partial charge in [-0.2, -0.15) is 0 Å². The van der Waals surface area contributed by atoms with Gasteiger partial charge in [-0.05, 0) is 87.9 Å². The van der Waals surface area contributed by atoms with Crippen LogP contribution in [0.25, 0.3) is 22.3 Å². The summed E-state index contributed by atoms with van der Waals surface area (Å²) < 4.78 is 5.95. The number of rotatable bonds is 5. The molecule has 0 bridgehead atoms. The Morgan fingerprint density at radius 1 is 0.658 bits per heavy atom. The van der Waals surface area contributed by atoms with Crippen LogP contribution >= 0.6 is 0 Å². The fourth-order valence-corrected chi connectivity index (χ4v) is 5.32. The highest BCUT2D eigenvalue weighted by Crippen LogP contribution is 2.47. The Morgan fingerprint density at radius 2 is 1.26 bits per heavy atom. The predicted molar refractivity (Wildman–Crippen MR) is 151 cm³/mol. The summed E-state index contributed by atoms with van der Waals surface area (Å²) in [5.41, 5.74) is 7.13. The first-order valence-electron chi connectivity index (χ1n) is 13.0. The van der Waals surface area contributed by atoms with Crippen molar-refractivity contribution in [2.45, 2.75) is 51.4 Å². The lowest BCUT2D eigenvalue weighted by atomic mass is 9.63. The Balaban J connectivity index is 1.63. The topological polar surface area (TPSA) is 63.6 Å². The molecule has 0 fully saturated rings. The van der Waals surface area contributed by atoms with Crippen LogP contribution in [0.2, 0.25) is 0 Å². The van der Waals surface area contributed by atoms with E-state index in [9.17, 15) is 14.7 Å². The van der Waals surface area contributed by atoms with Crippen molar-refractivity contribution in [1.82, 2.24) is 0 Å². The molecule has 38 heavy (non-hydrogen) atoms. The van der Waals surface area contributed by atoms with E-state index in [1.54, 1.807) is 36.4 Å². The number of aromatic carboxylic acids is 1. The highest BCUT2D eigenvalue weighted by Gasteiger charge is 2.37. The van der Waals surface area contributed by atoms with Crippen molar-refractivity contribution in [3.63, 3.8) is 0 Å². The molecule has 1 aliphatic rings. The third kappa shape index (κ3) is 4.87. The van der Waals surface area contributed by atoms with E-state index >= 15 is 0 Å². The highest BCUT2D eigenvalue weighted by molar-refractivity contribution is 5.93. The maximum absolute atomic E-state index is 13.0. The van der Waals surface area contributed by atoms with Crippen molar-refractivity contribution in [2.24, 2.45) is 0 Å². The lowest BCUT2D eigenvalue weighted by molar-refractivity contribution is 0.0694. The summed E-state index contributed by atoms with van der Waals surface area (Å²) in [6, 6.07) is 28.1. The molecule has 0 amide bonds. The van der Waals surface area contributed by atoms with Crippen LogP contribution in [-0.2, 0) is 10.8 Å². The quantitative estimate of drug-likeness (QED) is 0.219. The minimum absolute atomic E-state index is 0.0337. The van der Waals surface area contributed by atoms with Crippen molar-refractivity contribution < 1.29 is 19.4 Å². The van der Waals surface area contributed by atoms with Crippen molar-refractivity contribution >= 4 is 11.9 Å². The van der Waals surface area contributed by atoms with Gasteiger partial charge in [0, 0.05) is 5.56 Å². The average molecular weight is 505 g/mol. The van der Waals surface area contributed by atoms with Gasteiger partial charge in [0.15, 0.2) is 0 Å². The highest BCUT2D eigenvalue weighted by atomic mass is 16.5. The van der Waals surface area contributed by atoms with Gasteiger partial charge >= 0.3 is 11.9 Å². The van der Waals surface area contributed by atoms with E-state index in [0.717, 1.165) is 35.1 Å². The second-order valence-electron chi connectivity index (χ2n) is 11.4. The Hall–Kier alpha value is -4.18. The van der Waals surface area contributed by atoms with Gasteiger partial charge in [0.1, 0.15) is 5.75 Å². The second-order valence-corrected chi connectivity index (χ2v) is 11.4. The molecule has 0 aliphatic heterocycles. The zero-order valence-corrected chi connectivity index (χ0v) is 22.2. The zero-order chi connectivity index (χ0) is 27.1. The summed E-state index contributed by atoms with van der Waals surface area (Å²) >= 11 is 0. The standard InChI is InChI=1S/C34H32O4/c1-33(2)18-19-34(3,4)29-21-26(14-16-28(29)33)27-20-25(22-10-12-23(13-11-22)31(35)36)15-17-30(27)38-32(37)24-8-6-5-7-9-24/h5-17,20-21H,18-19H2,1-4H3,(H,35,36). The molecule has 4 heteroatoms. The summed E-state index contributed by atoms with van der Waals surface area (Å²) in [7, 11) is 0. The smallest absolute Gasteiger partial charge is 0.343 e. The van der Waals surface area contributed by atoms with E-state index in [2.05, 4.69) is 45.9 Å². The Morgan fingerprint density at radius 3 is 1.92 bits per heavy atom. The predicted octanol–water partition coefficient (Wildman–Crippen LogP) is 8.29. The zero-order valence-electron chi connectivity index (χ0n) is 22.2. The summed E-state index contributed by atoms with van der Waals surface area (Å²) in [5.74, 6) is -0.887. The third-order valence-corrected chi connectivity index (χ3v) is 7.82. The fourth-order valence-electron chi connectivity index (χ4n) is 5.32. The Bertz CT molecular complexity index is 1510. The van der Waals surface area contributed by atoms with Crippen LogP contribution in [0.1, 0.15) is 72.4 Å². The van der Waals surface area contributed by atoms with Gasteiger partial charge in [-0.3, -0.25) is 0 Å². The van der Waals surface area contributed by atoms with Gasteiger partial charge in [-0.25, -0.2) is 9.59 Å². The minimum Gasteiger partial charge on any atom is -0.478 e. The second kappa shape index (κ2) is 9.60. The van der Waals surface area contributed by atoms with Crippen LogP contribution in [-0.4, -0.2) is 17.0 Å². The third-order valence-electron chi connectivity index (χ3n) is 7.82. The van der Waals surface area contributed by atoms with Crippen LogP contribution in [0.5, 0.6) is 5.75 Å². The molecule has 1 N–H and O–H groups in total. The van der Waals surface area contributed by atoms with E-state index in [-0.39, 0.29) is 16.4 Å². The first-order chi connectivity index (χ1) is 18.0.